The number of carbonyl (C=O) groups is 1. The number of urea groups is 1. The Kier molecular flexibility index (Phi) is 7.73. The summed E-state index contributed by atoms with van der Waals surface area (Å²) in [6, 6.07) is 16.3. The van der Waals surface area contributed by atoms with Crippen molar-refractivity contribution in [1.82, 2.24) is 14.5 Å². The molecular weight excluding hydrogens is 410 g/mol. The molecule has 168 valence electrons. The number of hydrogen-bond donors (Lipinski definition) is 1. The van der Waals surface area contributed by atoms with Crippen molar-refractivity contribution < 1.29 is 13.2 Å². The van der Waals surface area contributed by atoms with Gasteiger partial charge in [0, 0.05) is 19.6 Å². The molecule has 2 amide bonds. The number of piperidine rings is 1. The first-order valence-corrected chi connectivity index (χ1v) is 12.8. The Morgan fingerprint density at radius 3 is 2.48 bits per heavy atom. The van der Waals surface area contributed by atoms with Gasteiger partial charge in [0.05, 0.1) is 6.26 Å². The molecule has 1 atom stereocenters. The SMILES string of the molecule is CCNC(=O)N1CCCCC1N(Cc1cccc(Cc2ccc(C)cc2)c1)S(C)(=O)=O. The van der Waals surface area contributed by atoms with Crippen LogP contribution in [0.25, 0.3) is 0 Å². The molecule has 2 aromatic rings. The fourth-order valence-electron chi connectivity index (χ4n) is 4.11. The molecule has 0 spiro atoms. The number of amides is 2. The zero-order valence-electron chi connectivity index (χ0n) is 18.7. The molecule has 2 aromatic carbocycles. The maximum atomic E-state index is 12.7. The van der Waals surface area contributed by atoms with Crippen LogP contribution in [-0.4, -0.2) is 49.2 Å². The van der Waals surface area contributed by atoms with E-state index in [1.165, 1.54) is 21.7 Å². The molecule has 1 aliphatic heterocycles. The first-order chi connectivity index (χ1) is 14.8. The van der Waals surface area contributed by atoms with Gasteiger partial charge in [-0.1, -0.05) is 54.1 Å². The van der Waals surface area contributed by atoms with E-state index in [1.54, 1.807) is 4.90 Å². The van der Waals surface area contributed by atoms with Gasteiger partial charge in [0.1, 0.15) is 6.17 Å². The van der Waals surface area contributed by atoms with E-state index in [1.807, 2.05) is 19.1 Å². The molecule has 1 unspecified atom stereocenters. The number of nitrogens with one attached hydrogen (secondary N) is 1. The number of sulfonamides is 1. The van der Waals surface area contributed by atoms with Crippen molar-refractivity contribution in [2.24, 2.45) is 0 Å². The zero-order chi connectivity index (χ0) is 22.4. The molecule has 1 fully saturated rings. The first kappa shape index (κ1) is 23.3. The Morgan fingerprint density at radius 2 is 1.81 bits per heavy atom. The van der Waals surface area contributed by atoms with Gasteiger partial charge in [-0.25, -0.2) is 13.2 Å². The highest BCUT2D eigenvalue weighted by molar-refractivity contribution is 7.88. The van der Waals surface area contributed by atoms with Crippen molar-refractivity contribution in [3.63, 3.8) is 0 Å². The molecule has 1 N–H and O–H groups in total. The van der Waals surface area contributed by atoms with Gasteiger partial charge in [-0.2, -0.15) is 4.31 Å². The molecular formula is C24H33N3O3S. The van der Waals surface area contributed by atoms with Crippen LogP contribution < -0.4 is 5.32 Å². The summed E-state index contributed by atoms with van der Waals surface area (Å²) in [4.78, 5) is 14.2. The van der Waals surface area contributed by atoms with Crippen LogP contribution >= 0.6 is 0 Å². The first-order valence-electron chi connectivity index (χ1n) is 10.9. The lowest BCUT2D eigenvalue weighted by Crippen LogP contribution is -2.57. The van der Waals surface area contributed by atoms with Gasteiger partial charge in [0.15, 0.2) is 0 Å². The molecule has 0 aromatic heterocycles. The standard InChI is InChI=1S/C24H33N3O3S/c1-4-25-24(28)26-15-6-5-10-23(26)27(31(3,29)30)18-22-9-7-8-21(17-22)16-20-13-11-19(2)12-14-20/h7-9,11-14,17,23H,4-6,10,15-16,18H2,1-3H3,(H,25,28). The fourth-order valence-corrected chi connectivity index (χ4v) is 5.15. The highest BCUT2D eigenvalue weighted by Gasteiger charge is 2.35. The van der Waals surface area contributed by atoms with Crippen molar-refractivity contribution in [1.29, 1.82) is 0 Å². The Bertz CT molecular complexity index is 989. The van der Waals surface area contributed by atoms with E-state index in [0.29, 0.717) is 19.5 Å². The number of benzene rings is 2. The summed E-state index contributed by atoms with van der Waals surface area (Å²) >= 11 is 0. The zero-order valence-corrected chi connectivity index (χ0v) is 19.5. The third-order valence-electron chi connectivity index (χ3n) is 5.68. The van der Waals surface area contributed by atoms with E-state index in [0.717, 1.165) is 30.4 Å². The van der Waals surface area contributed by atoms with Crippen LogP contribution in [0.1, 0.15) is 48.4 Å². The number of likely N-dealkylation sites (tertiary alicyclic amines) is 1. The van der Waals surface area contributed by atoms with Crippen LogP contribution in [0, 0.1) is 6.92 Å². The van der Waals surface area contributed by atoms with E-state index in [2.05, 4.69) is 48.6 Å². The van der Waals surface area contributed by atoms with Crippen LogP contribution in [0.4, 0.5) is 4.79 Å². The van der Waals surface area contributed by atoms with E-state index in [-0.39, 0.29) is 12.6 Å². The summed E-state index contributed by atoms with van der Waals surface area (Å²) in [7, 11) is -3.51. The van der Waals surface area contributed by atoms with E-state index < -0.39 is 16.2 Å². The van der Waals surface area contributed by atoms with Gasteiger partial charge in [-0.05, 0) is 56.2 Å². The molecule has 31 heavy (non-hydrogen) atoms. The second-order valence-corrected chi connectivity index (χ2v) is 10.2. The van der Waals surface area contributed by atoms with Crippen LogP contribution in [0.5, 0.6) is 0 Å². The van der Waals surface area contributed by atoms with Crippen molar-refractivity contribution >= 4 is 16.1 Å². The number of nitrogens with zero attached hydrogens (tertiary/aromatic N) is 2. The van der Waals surface area contributed by atoms with Crippen molar-refractivity contribution in [2.45, 2.75) is 52.2 Å². The summed E-state index contributed by atoms with van der Waals surface area (Å²) in [5.74, 6) is 0. The van der Waals surface area contributed by atoms with E-state index in [9.17, 15) is 13.2 Å². The van der Waals surface area contributed by atoms with Gasteiger partial charge in [0.25, 0.3) is 0 Å². The Hall–Kier alpha value is -2.38. The quantitative estimate of drug-likeness (QED) is 0.706. The lowest BCUT2D eigenvalue weighted by Gasteiger charge is -2.41. The second-order valence-electron chi connectivity index (χ2n) is 8.30. The summed E-state index contributed by atoms with van der Waals surface area (Å²) in [5.41, 5.74) is 4.51. The lowest BCUT2D eigenvalue weighted by atomic mass is 10.0. The van der Waals surface area contributed by atoms with Crippen molar-refractivity contribution in [3.05, 3.63) is 70.8 Å². The molecule has 1 aliphatic rings. The summed E-state index contributed by atoms with van der Waals surface area (Å²) in [6.07, 6.45) is 4.00. The Balaban J connectivity index is 1.82. The van der Waals surface area contributed by atoms with Gasteiger partial charge in [-0.3, -0.25) is 0 Å². The fraction of sp³-hybridized carbons (Fsp3) is 0.458. The molecule has 7 heteroatoms. The molecule has 3 rings (SSSR count). The highest BCUT2D eigenvalue weighted by Crippen LogP contribution is 2.25. The normalized spacial score (nSPS) is 17.0. The van der Waals surface area contributed by atoms with E-state index >= 15 is 0 Å². The Labute approximate surface area is 186 Å². The number of hydrogen-bond acceptors (Lipinski definition) is 3. The second kappa shape index (κ2) is 10.3. The maximum Gasteiger partial charge on any atom is 0.318 e. The summed E-state index contributed by atoms with van der Waals surface area (Å²) in [5, 5.41) is 2.82. The van der Waals surface area contributed by atoms with Crippen LogP contribution in [0.2, 0.25) is 0 Å². The average molecular weight is 444 g/mol. The minimum Gasteiger partial charge on any atom is -0.338 e. The summed E-state index contributed by atoms with van der Waals surface area (Å²) < 4.78 is 27.0. The largest absolute Gasteiger partial charge is 0.338 e. The molecule has 6 nitrogen and oxygen atoms in total. The van der Waals surface area contributed by atoms with Gasteiger partial charge in [-0.15, -0.1) is 0 Å². The number of carbonyl (C=O) groups excluding carboxylic acids is 1. The lowest BCUT2D eigenvalue weighted by molar-refractivity contribution is 0.0852. The Morgan fingerprint density at radius 1 is 1.10 bits per heavy atom. The van der Waals surface area contributed by atoms with Gasteiger partial charge < -0.3 is 10.2 Å². The van der Waals surface area contributed by atoms with E-state index in [4.69, 9.17) is 0 Å². The maximum absolute atomic E-state index is 12.7. The predicted molar refractivity (Wildman–Crippen MR) is 124 cm³/mol. The third-order valence-corrected chi connectivity index (χ3v) is 6.90. The van der Waals surface area contributed by atoms with Gasteiger partial charge >= 0.3 is 6.03 Å². The van der Waals surface area contributed by atoms with Crippen LogP contribution in [0.15, 0.2) is 48.5 Å². The molecule has 0 radical (unpaired) electrons. The monoisotopic (exact) mass is 443 g/mol. The van der Waals surface area contributed by atoms with Crippen molar-refractivity contribution in [3.8, 4) is 0 Å². The third kappa shape index (κ3) is 6.31. The molecule has 1 heterocycles. The summed E-state index contributed by atoms with van der Waals surface area (Å²) in [6.45, 7) is 5.27. The number of aryl methyl sites for hydroxylation is 1. The number of rotatable bonds is 7. The predicted octanol–water partition coefficient (Wildman–Crippen LogP) is 3.89. The highest BCUT2D eigenvalue weighted by atomic mass is 32.2. The smallest absolute Gasteiger partial charge is 0.318 e. The van der Waals surface area contributed by atoms with Crippen LogP contribution in [-0.2, 0) is 23.0 Å². The minimum absolute atomic E-state index is 0.200. The topological polar surface area (TPSA) is 69.7 Å². The van der Waals surface area contributed by atoms with Crippen LogP contribution in [0.3, 0.4) is 0 Å². The molecule has 1 saturated heterocycles. The van der Waals surface area contributed by atoms with Crippen molar-refractivity contribution in [2.75, 3.05) is 19.3 Å². The molecule has 0 bridgehead atoms. The average Bonchev–Trinajstić information content (AvgIpc) is 2.73. The van der Waals surface area contributed by atoms with Gasteiger partial charge in [0.2, 0.25) is 10.0 Å². The minimum atomic E-state index is -3.51. The molecule has 0 aliphatic carbocycles. The molecule has 0 saturated carbocycles.